The normalized spacial score (nSPS) is 15.3. The number of hydrogen-bond acceptors (Lipinski definition) is 4. The summed E-state index contributed by atoms with van der Waals surface area (Å²) in [7, 11) is 1.73. The van der Waals surface area contributed by atoms with Crippen LogP contribution < -0.4 is 9.64 Å². The highest BCUT2D eigenvalue weighted by atomic mass is 16.5. The van der Waals surface area contributed by atoms with E-state index in [4.69, 9.17) is 9.84 Å². The summed E-state index contributed by atoms with van der Waals surface area (Å²) in [6, 6.07) is 23.2. The maximum absolute atomic E-state index is 5.50. The van der Waals surface area contributed by atoms with Crippen molar-refractivity contribution in [2.24, 2.45) is 5.10 Å². The number of rotatable bonds is 4. The first-order chi connectivity index (χ1) is 13.2. The van der Waals surface area contributed by atoms with Gasteiger partial charge in [0.1, 0.15) is 5.75 Å². The van der Waals surface area contributed by atoms with E-state index < -0.39 is 0 Å². The predicted molar refractivity (Wildman–Crippen MR) is 113 cm³/mol. The molecule has 4 nitrogen and oxygen atoms in total. The molecule has 0 unspecified atom stereocenters. The number of fused-ring (bicyclic) bond motifs is 1. The van der Waals surface area contributed by atoms with E-state index in [1.54, 1.807) is 7.11 Å². The van der Waals surface area contributed by atoms with Crippen molar-refractivity contribution in [3.05, 3.63) is 72.3 Å². The highest BCUT2D eigenvalue weighted by Gasteiger charge is 2.18. The molecule has 1 fully saturated rings. The summed E-state index contributed by atoms with van der Waals surface area (Å²) in [5.74, 6) is 0.932. The number of ether oxygens (including phenoxy) is 1. The molecular weight excluding hydrogens is 334 g/mol. The zero-order valence-corrected chi connectivity index (χ0v) is 15.9. The molecule has 0 aliphatic carbocycles. The molecule has 1 heterocycles. The van der Waals surface area contributed by atoms with Crippen molar-refractivity contribution < 1.29 is 4.74 Å². The Hall–Kier alpha value is -3.01. The first kappa shape index (κ1) is 17.4. The molecule has 0 atom stereocenters. The molecule has 1 aliphatic rings. The minimum absolute atomic E-state index is 0.906. The van der Waals surface area contributed by atoms with Gasteiger partial charge in [-0.1, -0.05) is 48.5 Å². The SMILES string of the molecule is COc1ccccc1N1CCN(/N=C(/C)c2ccc3ccccc3c2)CC1. The van der Waals surface area contributed by atoms with Crippen LogP contribution in [-0.2, 0) is 0 Å². The molecule has 4 heteroatoms. The molecule has 0 bridgehead atoms. The van der Waals surface area contributed by atoms with Crippen LogP contribution in [0.5, 0.6) is 5.75 Å². The van der Waals surface area contributed by atoms with Gasteiger partial charge in [0.2, 0.25) is 0 Å². The van der Waals surface area contributed by atoms with E-state index in [2.05, 4.69) is 71.4 Å². The van der Waals surface area contributed by atoms with E-state index in [1.807, 2.05) is 12.1 Å². The summed E-state index contributed by atoms with van der Waals surface area (Å²) in [4.78, 5) is 2.37. The van der Waals surface area contributed by atoms with Crippen LogP contribution in [0, 0.1) is 0 Å². The van der Waals surface area contributed by atoms with E-state index in [1.165, 1.54) is 16.3 Å². The van der Waals surface area contributed by atoms with Gasteiger partial charge in [0, 0.05) is 13.1 Å². The summed E-state index contributed by atoms with van der Waals surface area (Å²) >= 11 is 0. The van der Waals surface area contributed by atoms with Crippen LogP contribution >= 0.6 is 0 Å². The molecule has 0 spiro atoms. The zero-order valence-electron chi connectivity index (χ0n) is 15.9. The van der Waals surface area contributed by atoms with Gasteiger partial charge in [-0.2, -0.15) is 5.10 Å². The number of hydrogen-bond donors (Lipinski definition) is 0. The number of anilines is 1. The summed E-state index contributed by atoms with van der Waals surface area (Å²) < 4.78 is 5.50. The summed E-state index contributed by atoms with van der Waals surface area (Å²) in [5.41, 5.74) is 3.40. The molecule has 3 aromatic carbocycles. The van der Waals surface area contributed by atoms with Gasteiger partial charge in [0.15, 0.2) is 0 Å². The van der Waals surface area contributed by atoms with Gasteiger partial charge in [-0.05, 0) is 41.5 Å². The second-order valence-corrected chi connectivity index (χ2v) is 6.86. The fraction of sp³-hybridized carbons (Fsp3) is 0.261. The van der Waals surface area contributed by atoms with Crippen LogP contribution in [0.25, 0.3) is 10.8 Å². The minimum Gasteiger partial charge on any atom is -0.495 e. The highest BCUT2D eigenvalue weighted by molar-refractivity contribution is 6.01. The van der Waals surface area contributed by atoms with Crippen molar-refractivity contribution >= 4 is 22.2 Å². The number of para-hydroxylation sites is 2. The first-order valence-electron chi connectivity index (χ1n) is 9.42. The number of nitrogens with zero attached hydrogens (tertiary/aromatic N) is 3. The second kappa shape index (κ2) is 7.70. The lowest BCUT2D eigenvalue weighted by atomic mass is 10.0. The van der Waals surface area contributed by atoms with Gasteiger partial charge < -0.3 is 9.64 Å². The molecule has 138 valence electrons. The Morgan fingerprint density at radius 3 is 2.33 bits per heavy atom. The van der Waals surface area contributed by atoms with Gasteiger partial charge in [0.25, 0.3) is 0 Å². The second-order valence-electron chi connectivity index (χ2n) is 6.86. The third-order valence-corrected chi connectivity index (χ3v) is 5.14. The summed E-state index contributed by atoms with van der Waals surface area (Å²) in [5, 5.41) is 9.57. The average Bonchev–Trinajstić information content (AvgIpc) is 2.74. The third-order valence-electron chi connectivity index (χ3n) is 5.14. The molecular formula is C23H25N3O. The smallest absolute Gasteiger partial charge is 0.142 e. The van der Waals surface area contributed by atoms with E-state index in [9.17, 15) is 0 Å². The van der Waals surface area contributed by atoms with Crippen molar-refractivity contribution in [3.8, 4) is 5.75 Å². The molecule has 0 radical (unpaired) electrons. The zero-order chi connectivity index (χ0) is 18.6. The summed E-state index contributed by atoms with van der Waals surface area (Å²) in [6.45, 7) is 5.78. The lowest BCUT2D eigenvalue weighted by molar-refractivity contribution is 0.269. The van der Waals surface area contributed by atoms with Crippen LogP contribution in [0.2, 0.25) is 0 Å². The van der Waals surface area contributed by atoms with E-state index in [-0.39, 0.29) is 0 Å². The lowest BCUT2D eigenvalue weighted by Gasteiger charge is -2.35. The van der Waals surface area contributed by atoms with Gasteiger partial charge in [-0.15, -0.1) is 0 Å². The van der Waals surface area contributed by atoms with Crippen molar-refractivity contribution in [2.45, 2.75) is 6.92 Å². The van der Waals surface area contributed by atoms with Crippen molar-refractivity contribution in [3.63, 3.8) is 0 Å². The van der Waals surface area contributed by atoms with Crippen LogP contribution in [-0.4, -0.2) is 44.0 Å². The Morgan fingerprint density at radius 1 is 0.852 bits per heavy atom. The van der Waals surface area contributed by atoms with Crippen LogP contribution in [0.15, 0.2) is 71.8 Å². The predicted octanol–water partition coefficient (Wildman–Crippen LogP) is 4.39. The van der Waals surface area contributed by atoms with Crippen LogP contribution in [0.4, 0.5) is 5.69 Å². The fourth-order valence-electron chi connectivity index (χ4n) is 3.61. The van der Waals surface area contributed by atoms with E-state index in [0.717, 1.165) is 43.3 Å². The Bertz CT molecular complexity index is 959. The fourth-order valence-corrected chi connectivity index (χ4v) is 3.61. The molecule has 3 aromatic rings. The maximum Gasteiger partial charge on any atom is 0.142 e. The van der Waals surface area contributed by atoms with Gasteiger partial charge in [-0.25, -0.2) is 0 Å². The maximum atomic E-state index is 5.50. The van der Waals surface area contributed by atoms with Crippen molar-refractivity contribution in [2.75, 3.05) is 38.2 Å². The van der Waals surface area contributed by atoms with Gasteiger partial charge in [-0.3, -0.25) is 5.01 Å². The Morgan fingerprint density at radius 2 is 1.56 bits per heavy atom. The van der Waals surface area contributed by atoms with Gasteiger partial charge >= 0.3 is 0 Å². The molecule has 27 heavy (non-hydrogen) atoms. The Balaban J connectivity index is 1.45. The van der Waals surface area contributed by atoms with Crippen molar-refractivity contribution in [1.82, 2.24) is 5.01 Å². The third kappa shape index (κ3) is 3.75. The van der Waals surface area contributed by atoms with Crippen LogP contribution in [0.3, 0.4) is 0 Å². The average molecular weight is 359 g/mol. The molecule has 0 aromatic heterocycles. The topological polar surface area (TPSA) is 28.1 Å². The molecule has 0 saturated carbocycles. The van der Waals surface area contributed by atoms with E-state index in [0.29, 0.717) is 0 Å². The molecule has 0 N–H and O–H groups in total. The molecule has 1 aliphatic heterocycles. The van der Waals surface area contributed by atoms with Crippen LogP contribution in [0.1, 0.15) is 12.5 Å². The quantitative estimate of drug-likeness (QED) is 0.647. The standard InChI is InChI=1S/C23H25N3O/c1-18(20-12-11-19-7-3-4-8-21(19)17-20)24-26-15-13-25(14-16-26)22-9-5-6-10-23(22)27-2/h3-12,17H,13-16H2,1-2H3/b24-18-. The van der Waals surface area contributed by atoms with Gasteiger partial charge in [0.05, 0.1) is 31.6 Å². The Labute approximate surface area is 160 Å². The Kier molecular flexibility index (Phi) is 4.97. The highest BCUT2D eigenvalue weighted by Crippen LogP contribution is 2.28. The number of hydrazone groups is 1. The van der Waals surface area contributed by atoms with E-state index >= 15 is 0 Å². The molecule has 1 saturated heterocycles. The largest absolute Gasteiger partial charge is 0.495 e. The monoisotopic (exact) mass is 359 g/mol. The van der Waals surface area contributed by atoms with Crippen molar-refractivity contribution in [1.29, 1.82) is 0 Å². The summed E-state index contributed by atoms with van der Waals surface area (Å²) in [6.07, 6.45) is 0. The molecule has 4 rings (SSSR count). The number of benzene rings is 3. The molecule has 0 amide bonds. The minimum atomic E-state index is 0.906. The first-order valence-corrected chi connectivity index (χ1v) is 9.42. The number of methoxy groups -OCH3 is 1. The number of piperazine rings is 1. The lowest BCUT2D eigenvalue weighted by Crippen LogP contribution is -2.44.